The molecule has 23 heavy (non-hydrogen) atoms. The van der Waals surface area contributed by atoms with Gasteiger partial charge >= 0.3 is 5.97 Å². The van der Waals surface area contributed by atoms with Crippen LogP contribution in [0.2, 0.25) is 0 Å². The van der Waals surface area contributed by atoms with Crippen LogP contribution in [-0.2, 0) is 4.74 Å². The maximum Gasteiger partial charge on any atom is 0.338 e. The fourth-order valence-electron chi connectivity index (χ4n) is 2.75. The molecule has 0 unspecified atom stereocenters. The molecule has 118 valence electrons. The number of ether oxygens (including phenoxy) is 1. The number of aliphatic hydroxyl groups is 1. The zero-order valence-electron chi connectivity index (χ0n) is 12.7. The maximum absolute atomic E-state index is 12.1. The van der Waals surface area contributed by atoms with E-state index in [0.717, 1.165) is 16.5 Å². The van der Waals surface area contributed by atoms with Crippen LogP contribution in [-0.4, -0.2) is 29.3 Å². The van der Waals surface area contributed by atoms with Crippen molar-refractivity contribution < 1.29 is 14.6 Å². The van der Waals surface area contributed by atoms with Crippen LogP contribution in [0.4, 0.5) is 0 Å². The first-order valence-electron chi connectivity index (χ1n) is 7.68. The minimum absolute atomic E-state index is 0.0381. The number of rotatable bonds is 6. The monoisotopic (exact) mass is 309 g/mol. The van der Waals surface area contributed by atoms with Crippen LogP contribution < -0.4 is 0 Å². The van der Waals surface area contributed by atoms with E-state index in [9.17, 15) is 9.90 Å². The predicted molar refractivity (Wildman–Crippen MR) is 89.5 cm³/mol. The quantitative estimate of drug-likeness (QED) is 0.685. The molecular weight excluding hydrogens is 290 g/mol. The smallest absolute Gasteiger partial charge is 0.338 e. The lowest BCUT2D eigenvalue weighted by Crippen LogP contribution is -2.14. The van der Waals surface area contributed by atoms with E-state index in [4.69, 9.17) is 4.74 Å². The first kappa shape index (κ1) is 15.3. The summed E-state index contributed by atoms with van der Waals surface area (Å²) in [7, 11) is 0. The lowest BCUT2D eigenvalue weighted by Gasteiger charge is -2.15. The first-order chi connectivity index (χ1) is 11.3. The van der Waals surface area contributed by atoms with Gasteiger partial charge in [-0.1, -0.05) is 36.4 Å². The highest BCUT2D eigenvalue weighted by atomic mass is 16.5. The van der Waals surface area contributed by atoms with Crippen molar-refractivity contribution in [1.82, 2.24) is 4.98 Å². The van der Waals surface area contributed by atoms with E-state index in [2.05, 4.69) is 4.98 Å². The van der Waals surface area contributed by atoms with Crippen LogP contribution in [0.25, 0.3) is 10.9 Å². The van der Waals surface area contributed by atoms with Crippen LogP contribution >= 0.6 is 0 Å². The van der Waals surface area contributed by atoms with Gasteiger partial charge in [-0.2, -0.15) is 0 Å². The van der Waals surface area contributed by atoms with Gasteiger partial charge in [0, 0.05) is 29.6 Å². The number of H-pyrrole nitrogens is 1. The number of carbonyl (C=O) groups is 1. The van der Waals surface area contributed by atoms with Crippen molar-refractivity contribution in [1.29, 1.82) is 0 Å². The van der Waals surface area contributed by atoms with Gasteiger partial charge in [0.05, 0.1) is 12.2 Å². The van der Waals surface area contributed by atoms with E-state index in [-0.39, 0.29) is 25.1 Å². The van der Waals surface area contributed by atoms with Crippen LogP contribution in [0, 0.1) is 0 Å². The average Bonchev–Trinajstić information content (AvgIpc) is 3.03. The van der Waals surface area contributed by atoms with Crippen molar-refractivity contribution in [2.45, 2.75) is 12.3 Å². The summed E-state index contributed by atoms with van der Waals surface area (Å²) >= 11 is 0. The molecule has 0 saturated carbocycles. The van der Waals surface area contributed by atoms with Gasteiger partial charge < -0.3 is 14.8 Å². The van der Waals surface area contributed by atoms with Gasteiger partial charge in [0.25, 0.3) is 0 Å². The second kappa shape index (κ2) is 7.11. The molecule has 2 aromatic carbocycles. The molecule has 2 N–H and O–H groups in total. The highest BCUT2D eigenvalue weighted by Crippen LogP contribution is 2.28. The molecule has 4 nitrogen and oxygen atoms in total. The minimum atomic E-state index is -0.339. The van der Waals surface area contributed by atoms with Gasteiger partial charge in [-0.25, -0.2) is 4.79 Å². The summed E-state index contributed by atoms with van der Waals surface area (Å²) in [6, 6.07) is 16.9. The number of hydrogen-bond acceptors (Lipinski definition) is 3. The number of carbonyl (C=O) groups excluding carboxylic acids is 1. The molecule has 1 aromatic heterocycles. The lowest BCUT2D eigenvalue weighted by atomic mass is 9.96. The third-order valence-electron chi connectivity index (χ3n) is 3.96. The molecule has 0 spiro atoms. The standard InChI is InChI=1S/C19H19NO3/c21-11-10-15(13-23-19(22)14-6-2-1-3-7-14)17-12-20-18-9-5-4-8-16(17)18/h1-9,12,15,20-21H,10-11,13H2/t15-/m1/s1. The molecule has 0 amide bonds. The molecule has 4 heteroatoms. The lowest BCUT2D eigenvalue weighted by molar-refractivity contribution is 0.0467. The Kier molecular flexibility index (Phi) is 4.74. The van der Waals surface area contributed by atoms with E-state index in [1.807, 2.05) is 48.7 Å². The summed E-state index contributed by atoms with van der Waals surface area (Å²) in [5.74, 6) is -0.378. The Morgan fingerprint density at radius 1 is 1.09 bits per heavy atom. The van der Waals surface area contributed by atoms with Crippen LogP contribution in [0.1, 0.15) is 28.3 Å². The second-order valence-corrected chi connectivity index (χ2v) is 5.46. The Morgan fingerprint density at radius 2 is 1.83 bits per heavy atom. The topological polar surface area (TPSA) is 62.3 Å². The van der Waals surface area contributed by atoms with E-state index in [0.29, 0.717) is 12.0 Å². The van der Waals surface area contributed by atoms with Crippen molar-refractivity contribution in [3.8, 4) is 0 Å². The molecule has 0 fully saturated rings. The molecule has 0 bridgehead atoms. The molecule has 0 radical (unpaired) electrons. The van der Waals surface area contributed by atoms with Gasteiger partial charge in [0.2, 0.25) is 0 Å². The number of benzene rings is 2. The summed E-state index contributed by atoms with van der Waals surface area (Å²) in [5.41, 5.74) is 2.64. The Labute approximate surface area is 134 Å². The normalized spacial score (nSPS) is 12.2. The van der Waals surface area contributed by atoms with E-state index in [1.165, 1.54) is 0 Å². The summed E-state index contributed by atoms with van der Waals surface area (Å²) in [4.78, 5) is 15.3. The number of para-hydroxylation sites is 1. The minimum Gasteiger partial charge on any atom is -0.461 e. The Balaban J connectivity index is 1.76. The predicted octanol–water partition coefficient (Wildman–Crippen LogP) is 3.49. The summed E-state index contributed by atoms with van der Waals surface area (Å²) < 4.78 is 5.45. The van der Waals surface area contributed by atoms with Crippen molar-refractivity contribution in [3.05, 3.63) is 71.9 Å². The summed E-state index contributed by atoms with van der Waals surface area (Å²) in [6.07, 6.45) is 2.48. The SMILES string of the molecule is O=C(OC[C@@H](CCO)c1c[nH]c2ccccc12)c1ccccc1. The number of aromatic amines is 1. The van der Waals surface area contributed by atoms with Gasteiger partial charge in [-0.15, -0.1) is 0 Å². The molecule has 0 saturated heterocycles. The third kappa shape index (κ3) is 3.43. The number of aromatic nitrogens is 1. The second-order valence-electron chi connectivity index (χ2n) is 5.46. The van der Waals surface area contributed by atoms with Crippen molar-refractivity contribution >= 4 is 16.9 Å². The highest BCUT2D eigenvalue weighted by Gasteiger charge is 2.18. The fraction of sp³-hybridized carbons (Fsp3) is 0.211. The molecule has 3 rings (SSSR count). The molecule has 0 aliphatic rings. The van der Waals surface area contributed by atoms with Gasteiger partial charge in [-0.3, -0.25) is 0 Å². The number of fused-ring (bicyclic) bond motifs is 1. The van der Waals surface area contributed by atoms with Gasteiger partial charge in [-0.05, 0) is 30.2 Å². The number of aliphatic hydroxyl groups excluding tert-OH is 1. The Bertz CT molecular complexity index is 779. The van der Waals surface area contributed by atoms with Crippen molar-refractivity contribution in [3.63, 3.8) is 0 Å². The maximum atomic E-state index is 12.1. The average molecular weight is 309 g/mol. The summed E-state index contributed by atoms with van der Waals surface area (Å²) in [6.45, 7) is 0.295. The Morgan fingerprint density at radius 3 is 2.61 bits per heavy atom. The van der Waals surface area contributed by atoms with Crippen molar-refractivity contribution in [2.24, 2.45) is 0 Å². The molecule has 0 aliphatic heterocycles. The molecular formula is C19H19NO3. The van der Waals surface area contributed by atoms with Gasteiger partial charge in [0.15, 0.2) is 0 Å². The van der Waals surface area contributed by atoms with E-state index < -0.39 is 0 Å². The molecule has 3 aromatic rings. The van der Waals surface area contributed by atoms with Crippen molar-refractivity contribution in [2.75, 3.05) is 13.2 Å². The van der Waals surface area contributed by atoms with E-state index >= 15 is 0 Å². The van der Waals surface area contributed by atoms with Gasteiger partial charge in [0.1, 0.15) is 0 Å². The third-order valence-corrected chi connectivity index (χ3v) is 3.96. The zero-order valence-corrected chi connectivity index (χ0v) is 12.7. The molecule has 1 atom stereocenters. The van der Waals surface area contributed by atoms with Crippen LogP contribution in [0.3, 0.4) is 0 Å². The highest BCUT2D eigenvalue weighted by molar-refractivity contribution is 5.89. The molecule has 1 heterocycles. The fourth-order valence-corrected chi connectivity index (χ4v) is 2.75. The number of nitrogens with one attached hydrogen (secondary N) is 1. The number of esters is 1. The Hall–Kier alpha value is -2.59. The zero-order chi connectivity index (χ0) is 16.1. The van der Waals surface area contributed by atoms with E-state index in [1.54, 1.807) is 12.1 Å². The number of hydrogen-bond donors (Lipinski definition) is 2. The molecule has 0 aliphatic carbocycles. The van der Waals surface area contributed by atoms with Crippen LogP contribution in [0.15, 0.2) is 60.8 Å². The largest absolute Gasteiger partial charge is 0.461 e. The first-order valence-corrected chi connectivity index (χ1v) is 7.68. The van der Waals surface area contributed by atoms with Crippen LogP contribution in [0.5, 0.6) is 0 Å². The summed E-state index contributed by atoms with van der Waals surface area (Å²) in [5, 5.41) is 10.4.